The van der Waals surface area contributed by atoms with Gasteiger partial charge in [-0.25, -0.2) is 0 Å². The zero-order chi connectivity index (χ0) is 9.84. The summed E-state index contributed by atoms with van der Waals surface area (Å²) >= 11 is 0. The summed E-state index contributed by atoms with van der Waals surface area (Å²) in [6.07, 6.45) is 2.05. The first-order valence-corrected chi connectivity index (χ1v) is 4.34. The highest BCUT2D eigenvalue weighted by molar-refractivity contribution is 5.89. The predicted octanol–water partition coefficient (Wildman–Crippen LogP) is -0.0906. The molecule has 0 saturated carbocycles. The van der Waals surface area contributed by atoms with Crippen LogP contribution in [-0.4, -0.2) is 35.8 Å². The van der Waals surface area contributed by atoms with Crippen LogP contribution in [0, 0.1) is 0 Å². The van der Waals surface area contributed by atoms with Crippen molar-refractivity contribution in [1.82, 2.24) is 10.2 Å². The number of carbonyl (C=O) groups is 2. The van der Waals surface area contributed by atoms with Crippen LogP contribution in [0.5, 0.6) is 0 Å². The fraction of sp³-hybridized carbons (Fsp3) is 0.556. The highest BCUT2D eigenvalue weighted by Crippen LogP contribution is 2.02. The Labute approximate surface area is 77.6 Å². The molecule has 1 rings (SSSR count). The van der Waals surface area contributed by atoms with Gasteiger partial charge in [-0.15, -0.1) is 6.58 Å². The number of carbonyl (C=O) groups excluding carboxylic acids is 2. The minimum absolute atomic E-state index is 0.0363. The van der Waals surface area contributed by atoms with Crippen molar-refractivity contribution in [3.63, 3.8) is 0 Å². The molecular weight excluding hydrogens is 168 g/mol. The van der Waals surface area contributed by atoms with E-state index in [-0.39, 0.29) is 11.8 Å². The molecule has 0 bridgehead atoms. The molecule has 13 heavy (non-hydrogen) atoms. The van der Waals surface area contributed by atoms with Gasteiger partial charge in [0, 0.05) is 19.5 Å². The molecule has 0 aromatic rings. The molecule has 1 saturated heterocycles. The van der Waals surface area contributed by atoms with Gasteiger partial charge in [0.1, 0.15) is 6.04 Å². The van der Waals surface area contributed by atoms with Crippen molar-refractivity contribution in [2.45, 2.75) is 19.4 Å². The molecule has 0 aromatic carbocycles. The second kappa shape index (κ2) is 4.07. The lowest BCUT2D eigenvalue weighted by Crippen LogP contribution is -2.42. The summed E-state index contributed by atoms with van der Waals surface area (Å²) < 4.78 is 0. The van der Waals surface area contributed by atoms with Crippen LogP contribution in [0.3, 0.4) is 0 Å². The normalized spacial score (nSPS) is 23.8. The molecule has 0 spiro atoms. The van der Waals surface area contributed by atoms with Crippen molar-refractivity contribution in [3.05, 3.63) is 12.7 Å². The van der Waals surface area contributed by atoms with E-state index in [4.69, 9.17) is 0 Å². The van der Waals surface area contributed by atoms with Gasteiger partial charge in [-0.05, 0) is 6.92 Å². The van der Waals surface area contributed by atoms with Crippen molar-refractivity contribution in [3.8, 4) is 0 Å². The Hall–Kier alpha value is -1.32. The van der Waals surface area contributed by atoms with Crippen molar-refractivity contribution in [2.24, 2.45) is 0 Å². The van der Waals surface area contributed by atoms with Crippen LogP contribution in [0.2, 0.25) is 0 Å². The van der Waals surface area contributed by atoms with Crippen LogP contribution in [0.4, 0.5) is 0 Å². The van der Waals surface area contributed by atoms with E-state index >= 15 is 0 Å². The molecule has 4 heteroatoms. The van der Waals surface area contributed by atoms with Gasteiger partial charge in [-0.1, -0.05) is 6.08 Å². The summed E-state index contributed by atoms with van der Waals surface area (Å²) in [6, 6.07) is -0.407. The monoisotopic (exact) mass is 182 g/mol. The molecule has 2 amide bonds. The minimum atomic E-state index is -0.407. The maximum atomic E-state index is 11.5. The molecule has 4 nitrogen and oxygen atoms in total. The lowest BCUT2D eigenvalue weighted by Gasteiger charge is -2.20. The van der Waals surface area contributed by atoms with Crippen molar-refractivity contribution in [1.29, 1.82) is 0 Å². The standard InChI is InChI=1S/C9H14N2O2/c1-3-5-11-6-4-8(12)10-7(2)9(11)13/h3,7H,1,4-6H2,2H3,(H,10,12). The van der Waals surface area contributed by atoms with E-state index in [1.807, 2.05) is 0 Å². The third-order valence-electron chi connectivity index (χ3n) is 2.02. The van der Waals surface area contributed by atoms with Crippen molar-refractivity contribution in [2.75, 3.05) is 13.1 Å². The topological polar surface area (TPSA) is 49.4 Å². The Morgan fingerprint density at radius 2 is 2.38 bits per heavy atom. The van der Waals surface area contributed by atoms with E-state index in [1.54, 1.807) is 17.9 Å². The molecule has 1 N–H and O–H groups in total. The molecule has 0 aromatic heterocycles. The molecule has 1 heterocycles. The van der Waals surface area contributed by atoms with E-state index in [9.17, 15) is 9.59 Å². The van der Waals surface area contributed by atoms with Crippen LogP contribution in [0.25, 0.3) is 0 Å². The highest BCUT2D eigenvalue weighted by atomic mass is 16.2. The summed E-state index contributed by atoms with van der Waals surface area (Å²) in [5.41, 5.74) is 0. The van der Waals surface area contributed by atoms with Gasteiger partial charge >= 0.3 is 0 Å². The number of amides is 2. The number of nitrogens with zero attached hydrogens (tertiary/aromatic N) is 1. The Kier molecular flexibility index (Phi) is 3.06. The first kappa shape index (κ1) is 9.77. The van der Waals surface area contributed by atoms with Gasteiger partial charge in [0.05, 0.1) is 0 Å². The number of hydrogen-bond donors (Lipinski definition) is 1. The summed E-state index contributed by atoms with van der Waals surface area (Å²) in [5.74, 6) is -0.0989. The van der Waals surface area contributed by atoms with E-state index in [0.29, 0.717) is 19.5 Å². The van der Waals surface area contributed by atoms with Gasteiger partial charge < -0.3 is 10.2 Å². The molecule has 1 unspecified atom stereocenters. The van der Waals surface area contributed by atoms with Gasteiger partial charge in [-0.2, -0.15) is 0 Å². The van der Waals surface area contributed by atoms with Crippen LogP contribution in [-0.2, 0) is 9.59 Å². The van der Waals surface area contributed by atoms with E-state index in [0.717, 1.165) is 0 Å². The summed E-state index contributed by atoms with van der Waals surface area (Å²) in [4.78, 5) is 24.3. The van der Waals surface area contributed by atoms with Crippen LogP contribution in [0.1, 0.15) is 13.3 Å². The molecule has 0 radical (unpaired) electrons. The summed E-state index contributed by atoms with van der Waals surface area (Å²) in [7, 11) is 0. The lowest BCUT2D eigenvalue weighted by molar-refractivity contribution is -0.132. The lowest BCUT2D eigenvalue weighted by atomic mass is 10.3. The summed E-state index contributed by atoms with van der Waals surface area (Å²) in [6.45, 7) is 6.26. The molecule has 72 valence electrons. The largest absolute Gasteiger partial charge is 0.345 e. The zero-order valence-electron chi connectivity index (χ0n) is 7.75. The highest BCUT2D eigenvalue weighted by Gasteiger charge is 2.25. The Morgan fingerprint density at radius 3 is 3.00 bits per heavy atom. The van der Waals surface area contributed by atoms with Crippen molar-refractivity contribution >= 4 is 11.8 Å². The Balaban J connectivity index is 2.69. The van der Waals surface area contributed by atoms with Crippen LogP contribution in [0.15, 0.2) is 12.7 Å². The number of nitrogens with one attached hydrogen (secondary N) is 1. The fourth-order valence-corrected chi connectivity index (χ4v) is 1.33. The smallest absolute Gasteiger partial charge is 0.245 e. The first-order chi connectivity index (χ1) is 6.15. The number of hydrogen-bond acceptors (Lipinski definition) is 2. The maximum absolute atomic E-state index is 11.5. The zero-order valence-corrected chi connectivity index (χ0v) is 7.75. The second-order valence-electron chi connectivity index (χ2n) is 3.11. The maximum Gasteiger partial charge on any atom is 0.245 e. The average Bonchev–Trinajstić information content (AvgIpc) is 2.19. The SMILES string of the molecule is C=CCN1CCC(=O)NC(C)C1=O. The average molecular weight is 182 g/mol. The van der Waals surface area contributed by atoms with E-state index in [1.165, 1.54) is 0 Å². The fourth-order valence-electron chi connectivity index (χ4n) is 1.33. The first-order valence-electron chi connectivity index (χ1n) is 4.34. The Bertz CT molecular complexity index is 238. The summed E-state index contributed by atoms with van der Waals surface area (Å²) in [5, 5.41) is 2.62. The quantitative estimate of drug-likeness (QED) is 0.607. The molecular formula is C9H14N2O2. The molecule has 0 aliphatic carbocycles. The van der Waals surface area contributed by atoms with Crippen LogP contribution >= 0.6 is 0 Å². The van der Waals surface area contributed by atoms with E-state index in [2.05, 4.69) is 11.9 Å². The molecule has 1 aliphatic rings. The third-order valence-corrected chi connectivity index (χ3v) is 2.02. The number of rotatable bonds is 2. The van der Waals surface area contributed by atoms with Gasteiger partial charge in [0.25, 0.3) is 0 Å². The predicted molar refractivity (Wildman–Crippen MR) is 49.0 cm³/mol. The molecule has 1 aliphatic heterocycles. The second-order valence-corrected chi connectivity index (χ2v) is 3.11. The molecule has 1 fully saturated rings. The van der Waals surface area contributed by atoms with Gasteiger partial charge in [0.2, 0.25) is 11.8 Å². The van der Waals surface area contributed by atoms with Gasteiger partial charge in [-0.3, -0.25) is 9.59 Å². The minimum Gasteiger partial charge on any atom is -0.345 e. The Morgan fingerprint density at radius 1 is 1.69 bits per heavy atom. The van der Waals surface area contributed by atoms with Crippen molar-refractivity contribution < 1.29 is 9.59 Å². The third kappa shape index (κ3) is 2.31. The van der Waals surface area contributed by atoms with Crippen LogP contribution < -0.4 is 5.32 Å². The van der Waals surface area contributed by atoms with Gasteiger partial charge in [0.15, 0.2) is 0 Å². The van der Waals surface area contributed by atoms with E-state index < -0.39 is 6.04 Å². The molecule has 1 atom stereocenters.